The number of aromatic nitrogens is 2. The van der Waals surface area contributed by atoms with Crippen molar-refractivity contribution in [3.05, 3.63) is 106 Å². The Hall–Kier alpha value is -5.83. The van der Waals surface area contributed by atoms with E-state index < -0.39 is 43.1 Å². The van der Waals surface area contributed by atoms with E-state index in [0.29, 0.717) is 79.9 Å². The molecule has 5 fully saturated rings. The molecule has 5 aliphatic heterocycles. The van der Waals surface area contributed by atoms with Gasteiger partial charge >= 0.3 is 0 Å². The number of fused-ring (bicyclic) bond motifs is 3. The first-order valence-electron chi connectivity index (χ1n) is 26.6. The van der Waals surface area contributed by atoms with Crippen LogP contribution in [0.25, 0.3) is 11.0 Å². The summed E-state index contributed by atoms with van der Waals surface area (Å²) in [6.07, 6.45) is 8.88. The number of benzene rings is 3. The number of rotatable bonds is 13. The first-order valence-corrected chi connectivity index (χ1v) is 28.1. The van der Waals surface area contributed by atoms with Gasteiger partial charge in [-0.25, -0.2) is 13.1 Å². The molecule has 0 radical (unpaired) electrons. The number of hydrogen-bond donors (Lipinski definition) is 4. The Bertz CT molecular complexity index is 2960. The van der Waals surface area contributed by atoms with Crippen molar-refractivity contribution >= 4 is 55.4 Å². The van der Waals surface area contributed by atoms with Gasteiger partial charge < -0.3 is 39.4 Å². The van der Waals surface area contributed by atoms with Gasteiger partial charge in [-0.2, -0.15) is 4.98 Å². The number of sulfonamides is 1. The first-order chi connectivity index (χ1) is 35.8. The maximum atomic E-state index is 14.7. The van der Waals surface area contributed by atoms with Crippen LogP contribution in [0, 0.1) is 28.9 Å². The Morgan fingerprint density at radius 2 is 1.69 bits per heavy atom. The van der Waals surface area contributed by atoms with Crippen LogP contribution in [0.5, 0.6) is 5.88 Å². The molecule has 74 heavy (non-hydrogen) atoms. The third-order valence-electron chi connectivity index (χ3n) is 16.8. The van der Waals surface area contributed by atoms with E-state index >= 15 is 0 Å². The number of nitro benzene ring substituents is 1. The molecule has 0 bridgehead atoms. The maximum Gasteiger partial charge on any atom is 0.293 e. The third-order valence-corrected chi connectivity index (χ3v) is 18.1. The standard InChI is InChI=1S/C55H69N9O9S/c1-36-5-3-4-6-43(36)50-34-61(40-16-26-71-27-17-40)24-25-62(50)33-38-14-22-60(23-15-38)41-7-9-44(47(30-41)63-46-18-28-72-35-51(46)73-54-49(63)29-39-13-21-56-52(39)58-54)53(65)59-74(69,70)42-8-10-45(48(31-42)64(67)68)57-32-37-11-19-55(2,66)20-12-37/h3-10,13,21,29-31,37-38,40,46,50-51,57,66H,11-12,14-20,22-28,32-35H2,1-2H3,(H,56,58)(H,59,65)/t37?,46-,50-,51-,55?/m0/s1. The summed E-state index contributed by atoms with van der Waals surface area (Å²) in [5.41, 5.74) is 4.58. The number of hydrogen-bond acceptors (Lipinski definition) is 15. The first kappa shape index (κ1) is 50.3. The fourth-order valence-corrected chi connectivity index (χ4v) is 13.4. The highest BCUT2D eigenvalue weighted by Crippen LogP contribution is 2.46. The molecule has 1 amide bonds. The monoisotopic (exact) mass is 1030 g/mol. The molecule has 18 nitrogen and oxygen atoms in total. The summed E-state index contributed by atoms with van der Waals surface area (Å²) in [7, 11) is -4.63. The van der Waals surface area contributed by atoms with Gasteiger partial charge in [0.25, 0.3) is 21.6 Å². The zero-order valence-corrected chi connectivity index (χ0v) is 43.2. The molecule has 7 heterocycles. The van der Waals surface area contributed by atoms with Crippen LogP contribution in [0.15, 0.2) is 83.9 Å². The van der Waals surface area contributed by atoms with Crippen LogP contribution < -0.4 is 24.6 Å². The van der Waals surface area contributed by atoms with E-state index in [1.165, 1.54) is 23.3 Å². The molecule has 11 rings (SSSR count). The zero-order valence-electron chi connectivity index (χ0n) is 42.4. The molecule has 0 spiro atoms. The van der Waals surface area contributed by atoms with E-state index in [-0.39, 0.29) is 23.2 Å². The van der Waals surface area contributed by atoms with E-state index in [4.69, 9.17) is 19.2 Å². The molecule has 5 aromatic rings. The fraction of sp³-hybridized carbons (Fsp3) is 0.527. The molecule has 19 heteroatoms. The molecule has 394 valence electrons. The van der Waals surface area contributed by atoms with Crippen molar-refractivity contribution in [2.45, 2.75) is 106 Å². The number of carbonyl (C=O) groups excluding carboxylic acids is 1. The SMILES string of the molecule is Cc1ccccc1[C@@H]1CN(C2CCOCC2)CCN1CC1CCN(c2ccc(C(=O)NS(=O)(=O)c3ccc(NCC4CCC(C)(O)CC4)c([N+](=O)[O-])c3)c(N3c4cc5cc[nH]c5nc4O[C@H]4COCC[C@@H]43)c2)CC1. The molecule has 0 unspecified atom stereocenters. The summed E-state index contributed by atoms with van der Waals surface area (Å²) in [6, 6.07) is 22.6. The average molecular weight is 1030 g/mol. The van der Waals surface area contributed by atoms with Gasteiger partial charge in [-0.3, -0.25) is 24.7 Å². The van der Waals surface area contributed by atoms with Crippen molar-refractivity contribution in [1.29, 1.82) is 0 Å². The highest BCUT2D eigenvalue weighted by atomic mass is 32.2. The third kappa shape index (κ3) is 10.6. The number of anilines is 4. The van der Waals surface area contributed by atoms with E-state index in [9.17, 15) is 28.4 Å². The van der Waals surface area contributed by atoms with Gasteiger partial charge in [0.1, 0.15) is 23.1 Å². The predicted molar refractivity (Wildman–Crippen MR) is 283 cm³/mol. The van der Waals surface area contributed by atoms with E-state index in [1.807, 2.05) is 37.4 Å². The molecule has 2 aromatic heterocycles. The van der Waals surface area contributed by atoms with Gasteiger partial charge in [0.2, 0.25) is 5.88 Å². The van der Waals surface area contributed by atoms with Gasteiger partial charge in [-0.15, -0.1) is 0 Å². The Labute approximate surface area is 432 Å². The van der Waals surface area contributed by atoms with Crippen molar-refractivity contribution in [2.75, 3.05) is 87.4 Å². The Morgan fingerprint density at radius 1 is 0.905 bits per heavy atom. The molecular weight excluding hydrogens is 963 g/mol. The zero-order chi connectivity index (χ0) is 51.1. The molecule has 3 aromatic carbocycles. The maximum absolute atomic E-state index is 14.7. The molecular formula is C55H69N9O9S. The number of carbonyl (C=O) groups is 1. The Kier molecular flexibility index (Phi) is 14.3. The van der Waals surface area contributed by atoms with Crippen LogP contribution in [0.3, 0.4) is 0 Å². The van der Waals surface area contributed by atoms with Gasteiger partial charge in [-0.1, -0.05) is 24.3 Å². The van der Waals surface area contributed by atoms with Crippen molar-refractivity contribution in [2.24, 2.45) is 11.8 Å². The van der Waals surface area contributed by atoms with Crippen LogP contribution in [0.1, 0.15) is 92.2 Å². The largest absolute Gasteiger partial charge is 0.468 e. The van der Waals surface area contributed by atoms with Crippen LogP contribution in [0.4, 0.5) is 28.4 Å². The molecule has 4 saturated heterocycles. The summed E-state index contributed by atoms with van der Waals surface area (Å²) in [5, 5.41) is 26.8. The molecule has 3 atom stereocenters. The number of piperazine rings is 1. The number of amides is 1. The number of nitro groups is 1. The number of pyridine rings is 1. The predicted octanol–water partition coefficient (Wildman–Crippen LogP) is 7.69. The number of ether oxygens (including phenoxy) is 3. The van der Waals surface area contributed by atoms with Crippen LogP contribution in [-0.4, -0.2) is 140 Å². The lowest BCUT2D eigenvalue weighted by Crippen LogP contribution is -2.54. The van der Waals surface area contributed by atoms with E-state index in [1.54, 1.807) is 6.07 Å². The lowest BCUT2D eigenvalue weighted by atomic mass is 9.80. The van der Waals surface area contributed by atoms with Gasteiger partial charge in [0.15, 0.2) is 0 Å². The van der Waals surface area contributed by atoms with E-state index in [0.717, 1.165) is 108 Å². The number of aryl methyl sites for hydroxylation is 1. The normalized spacial score (nSPS) is 25.5. The molecule has 1 saturated carbocycles. The van der Waals surface area contributed by atoms with Gasteiger partial charge in [0.05, 0.1) is 39.3 Å². The average Bonchev–Trinajstić information content (AvgIpc) is 3.87. The lowest BCUT2D eigenvalue weighted by molar-refractivity contribution is -0.384. The summed E-state index contributed by atoms with van der Waals surface area (Å²) in [5.74, 6) is 0.172. The summed E-state index contributed by atoms with van der Waals surface area (Å²) >= 11 is 0. The second-order valence-electron chi connectivity index (χ2n) is 21.7. The van der Waals surface area contributed by atoms with Crippen LogP contribution >= 0.6 is 0 Å². The second kappa shape index (κ2) is 21.1. The quantitative estimate of drug-likeness (QED) is 0.0659. The minimum Gasteiger partial charge on any atom is -0.468 e. The molecule has 6 aliphatic rings. The van der Waals surface area contributed by atoms with Crippen molar-refractivity contribution < 1.29 is 37.5 Å². The minimum absolute atomic E-state index is 0.112. The highest BCUT2D eigenvalue weighted by Gasteiger charge is 2.42. The number of nitrogens with zero attached hydrogens (tertiary/aromatic N) is 6. The van der Waals surface area contributed by atoms with Crippen molar-refractivity contribution in [3.63, 3.8) is 0 Å². The second-order valence-corrected chi connectivity index (χ2v) is 23.4. The number of piperidine rings is 1. The fourth-order valence-electron chi connectivity index (χ4n) is 12.4. The van der Waals surface area contributed by atoms with Crippen LogP contribution in [0.2, 0.25) is 0 Å². The minimum atomic E-state index is -4.63. The topological polar surface area (TPSA) is 208 Å². The summed E-state index contributed by atoms with van der Waals surface area (Å²) < 4.78 is 48.9. The number of aliphatic hydroxyl groups is 1. The van der Waals surface area contributed by atoms with Crippen molar-refractivity contribution in [1.82, 2.24) is 24.5 Å². The highest BCUT2D eigenvalue weighted by molar-refractivity contribution is 7.90. The number of aromatic amines is 1. The molecule has 1 aliphatic carbocycles. The summed E-state index contributed by atoms with van der Waals surface area (Å²) in [4.78, 5) is 44.0. The Balaban J connectivity index is 0.861. The van der Waals surface area contributed by atoms with E-state index in [2.05, 4.69) is 65.8 Å². The molecule has 4 N–H and O–H groups in total. The lowest BCUT2D eigenvalue weighted by Gasteiger charge is -2.47. The smallest absolute Gasteiger partial charge is 0.293 e. The van der Waals surface area contributed by atoms with Crippen LogP contribution in [-0.2, 0) is 19.5 Å². The number of H-pyrrole nitrogens is 1. The summed E-state index contributed by atoms with van der Waals surface area (Å²) in [6.45, 7) is 12.6. The van der Waals surface area contributed by atoms with Crippen molar-refractivity contribution in [3.8, 4) is 5.88 Å². The van der Waals surface area contributed by atoms with Gasteiger partial charge in [0, 0.05) is 101 Å². The Morgan fingerprint density at radius 3 is 2.47 bits per heavy atom. The number of nitrogens with one attached hydrogen (secondary N) is 3. The van der Waals surface area contributed by atoms with Gasteiger partial charge in [-0.05, 0) is 137 Å².